The highest BCUT2D eigenvalue weighted by Crippen LogP contribution is 2.19. The van der Waals surface area contributed by atoms with Crippen LogP contribution in [0.2, 0.25) is 0 Å². The molecule has 15 heavy (non-hydrogen) atoms. The molecule has 1 unspecified atom stereocenters. The minimum absolute atomic E-state index is 0.111. The Labute approximate surface area is 95.5 Å². The molecule has 1 atom stereocenters. The van der Waals surface area contributed by atoms with E-state index in [9.17, 15) is 4.39 Å². The molecule has 0 fully saturated rings. The lowest BCUT2D eigenvalue weighted by atomic mass is 10.1. The monoisotopic (exact) mass is 227 g/mol. The third kappa shape index (κ3) is 3.84. The third-order valence-electron chi connectivity index (χ3n) is 2.25. The van der Waals surface area contributed by atoms with Crippen LogP contribution in [0.4, 0.5) is 4.39 Å². The zero-order valence-electron chi connectivity index (χ0n) is 9.29. The number of halogens is 1. The second kappa shape index (κ2) is 6.85. The Bertz CT molecular complexity index is 291. The quantitative estimate of drug-likeness (QED) is 0.800. The van der Waals surface area contributed by atoms with Crippen LogP contribution in [0.1, 0.15) is 24.9 Å². The molecule has 0 aromatic heterocycles. The molecule has 0 saturated carbocycles. The van der Waals surface area contributed by atoms with E-state index in [1.165, 1.54) is 6.07 Å². The van der Waals surface area contributed by atoms with E-state index in [2.05, 4.69) is 12.2 Å². The third-order valence-corrected chi connectivity index (χ3v) is 2.92. The number of rotatable bonds is 6. The molecule has 1 aromatic carbocycles. The standard InChI is InChI=1S/C12H18FNS/c1-3-8-14-12(9-15-2)10-6-4-5-7-11(10)13/h4-7,12,14H,3,8-9H2,1-2H3. The van der Waals surface area contributed by atoms with Gasteiger partial charge >= 0.3 is 0 Å². The Hall–Kier alpha value is -0.540. The Morgan fingerprint density at radius 1 is 1.40 bits per heavy atom. The molecule has 0 spiro atoms. The molecule has 1 N–H and O–H groups in total. The van der Waals surface area contributed by atoms with Gasteiger partial charge in [0.1, 0.15) is 5.82 Å². The van der Waals surface area contributed by atoms with Crippen molar-refractivity contribution in [1.29, 1.82) is 0 Å². The number of thioether (sulfide) groups is 1. The predicted molar refractivity (Wildman–Crippen MR) is 65.8 cm³/mol. The van der Waals surface area contributed by atoms with Gasteiger partial charge in [0.15, 0.2) is 0 Å². The van der Waals surface area contributed by atoms with Gasteiger partial charge in [-0.3, -0.25) is 0 Å². The SMILES string of the molecule is CCCNC(CSC)c1ccccc1F. The summed E-state index contributed by atoms with van der Waals surface area (Å²) in [4.78, 5) is 0. The lowest BCUT2D eigenvalue weighted by molar-refractivity contribution is 0.532. The molecule has 0 radical (unpaired) electrons. The molecule has 0 aliphatic heterocycles. The molecule has 1 aromatic rings. The van der Waals surface area contributed by atoms with Gasteiger partial charge < -0.3 is 5.32 Å². The van der Waals surface area contributed by atoms with Crippen molar-refractivity contribution in [2.24, 2.45) is 0 Å². The van der Waals surface area contributed by atoms with Crippen LogP contribution in [0.15, 0.2) is 24.3 Å². The summed E-state index contributed by atoms with van der Waals surface area (Å²) in [5, 5.41) is 3.37. The van der Waals surface area contributed by atoms with Crippen LogP contribution in [-0.2, 0) is 0 Å². The van der Waals surface area contributed by atoms with Crippen molar-refractivity contribution in [3.05, 3.63) is 35.6 Å². The Morgan fingerprint density at radius 3 is 2.73 bits per heavy atom. The van der Waals surface area contributed by atoms with Crippen LogP contribution in [0, 0.1) is 5.82 Å². The second-order valence-corrected chi connectivity index (χ2v) is 4.39. The van der Waals surface area contributed by atoms with E-state index >= 15 is 0 Å². The average Bonchev–Trinajstić information content (AvgIpc) is 2.25. The normalized spacial score (nSPS) is 12.7. The maximum atomic E-state index is 13.5. The van der Waals surface area contributed by atoms with Crippen LogP contribution < -0.4 is 5.32 Å². The Balaban J connectivity index is 2.74. The molecule has 0 amide bonds. The predicted octanol–water partition coefficient (Wildman–Crippen LogP) is 3.23. The molecule has 0 aliphatic carbocycles. The second-order valence-electron chi connectivity index (χ2n) is 3.48. The summed E-state index contributed by atoms with van der Waals surface area (Å²) in [6, 6.07) is 7.13. The number of nitrogens with one attached hydrogen (secondary N) is 1. The van der Waals surface area contributed by atoms with E-state index in [0.717, 1.165) is 24.3 Å². The van der Waals surface area contributed by atoms with Crippen molar-refractivity contribution in [1.82, 2.24) is 5.32 Å². The van der Waals surface area contributed by atoms with Gasteiger partial charge in [-0.2, -0.15) is 11.8 Å². The highest BCUT2D eigenvalue weighted by molar-refractivity contribution is 7.98. The molecule has 84 valence electrons. The first-order chi connectivity index (χ1) is 7.29. The van der Waals surface area contributed by atoms with E-state index < -0.39 is 0 Å². The fourth-order valence-electron chi connectivity index (χ4n) is 1.50. The maximum Gasteiger partial charge on any atom is 0.128 e. The summed E-state index contributed by atoms with van der Waals surface area (Å²) in [7, 11) is 0. The van der Waals surface area contributed by atoms with Gasteiger partial charge in [0.25, 0.3) is 0 Å². The molecular weight excluding hydrogens is 209 g/mol. The van der Waals surface area contributed by atoms with Crippen molar-refractivity contribution < 1.29 is 4.39 Å². The molecule has 0 heterocycles. The minimum atomic E-state index is -0.111. The molecule has 1 rings (SSSR count). The summed E-state index contributed by atoms with van der Waals surface area (Å²) in [5.74, 6) is 0.793. The van der Waals surface area contributed by atoms with E-state index in [4.69, 9.17) is 0 Å². The first-order valence-electron chi connectivity index (χ1n) is 5.26. The largest absolute Gasteiger partial charge is 0.309 e. The minimum Gasteiger partial charge on any atom is -0.309 e. The van der Waals surface area contributed by atoms with Gasteiger partial charge in [-0.15, -0.1) is 0 Å². The summed E-state index contributed by atoms with van der Waals surface area (Å²) in [6.45, 7) is 3.05. The van der Waals surface area contributed by atoms with E-state index in [1.54, 1.807) is 17.8 Å². The van der Waals surface area contributed by atoms with Crippen LogP contribution >= 0.6 is 11.8 Å². The Morgan fingerprint density at radius 2 is 2.13 bits per heavy atom. The lowest BCUT2D eigenvalue weighted by Crippen LogP contribution is -2.24. The topological polar surface area (TPSA) is 12.0 Å². The van der Waals surface area contributed by atoms with Crippen molar-refractivity contribution in [2.75, 3.05) is 18.6 Å². The summed E-state index contributed by atoms with van der Waals surface area (Å²) < 4.78 is 13.5. The van der Waals surface area contributed by atoms with Crippen LogP contribution in [0.3, 0.4) is 0 Å². The summed E-state index contributed by atoms with van der Waals surface area (Å²) in [5.41, 5.74) is 0.778. The number of hydrogen-bond donors (Lipinski definition) is 1. The van der Waals surface area contributed by atoms with E-state index in [0.29, 0.717) is 0 Å². The van der Waals surface area contributed by atoms with Crippen LogP contribution in [-0.4, -0.2) is 18.6 Å². The smallest absolute Gasteiger partial charge is 0.128 e. The summed E-state index contributed by atoms with van der Waals surface area (Å²) >= 11 is 1.73. The number of hydrogen-bond acceptors (Lipinski definition) is 2. The fraction of sp³-hybridized carbons (Fsp3) is 0.500. The zero-order valence-corrected chi connectivity index (χ0v) is 10.1. The van der Waals surface area contributed by atoms with E-state index in [1.807, 2.05) is 18.4 Å². The maximum absolute atomic E-state index is 13.5. The average molecular weight is 227 g/mol. The van der Waals surface area contributed by atoms with Crippen molar-refractivity contribution in [2.45, 2.75) is 19.4 Å². The lowest BCUT2D eigenvalue weighted by Gasteiger charge is -2.18. The fourth-order valence-corrected chi connectivity index (χ4v) is 2.13. The van der Waals surface area contributed by atoms with E-state index in [-0.39, 0.29) is 11.9 Å². The zero-order chi connectivity index (χ0) is 11.1. The Kier molecular flexibility index (Phi) is 5.73. The van der Waals surface area contributed by atoms with Crippen LogP contribution in [0.25, 0.3) is 0 Å². The first kappa shape index (κ1) is 12.5. The van der Waals surface area contributed by atoms with Crippen molar-refractivity contribution >= 4 is 11.8 Å². The first-order valence-corrected chi connectivity index (χ1v) is 6.65. The molecule has 0 bridgehead atoms. The van der Waals surface area contributed by atoms with Gasteiger partial charge in [0.2, 0.25) is 0 Å². The molecule has 0 saturated heterocycles. The highest BCUT2D eigenvalue weighted by atomic mass is 32.2. The van der Waals surface area contributed by atoms with Gasteiger partial charge in [-0.25, -0.2) is 4.39 Å². The van der Waals surface area contributed by atoms with Crippen molar-refractivity contribution in [3.8, 4) is 0 Å². The van der Waals surface area contributed by atoms with Gasteiger partial charge in [-0.05, 0) is 25.3 Å². The van der Waals surface area contributed by atoms with Gasteiger partial charge in [-0.1, -0.05) is 25.1 Å². The summed E-state index contributed by atoms with van der Waals surface area (Å²) in [6.07, 6.45) is 3.11. The van der Waals surface area contributed by atoms with Crippen LogP contribution in [0.5, 0.6) is 0 Å². The molecule has 3 heteroatoms. The highest BCUT2D eigenvalue weighted by Gasteiger charge is 2.13. The molecule has 0 aliphatic rings. The van der Waals surface area contributed by atoms with Crippen molar-refractivity contribution in [3.63, 3.8) is 0 Å². The number of benzene rings is 1. The molecule has 1 nitrogen and oxygen atoms in total. The van der Waals surface area contributed by atoms with Gasteiger partial charge in [0, 0.05) is 17.4 Å². The molecular formula is C12H18FNS. The van der Waals surface area contributed by atoms with Gasteiger partial charge in [0.05, 0.1) is 0 Å².